The molecule has 234 valence electrons. The number of esters is 1. The van der Waals surface area contributed by atoms with Crippen LogP contribution in [0.1, 0.15) is 34.7 Å². The Morgan fingerprint density at radius 1 is 1.00 bits per heavy atom. The van der Waals surface area contributed by atoms with Crippen molar-refractivity contribution < 1.29 is 40.7 Å². The molecule has 0 aromatic heterocycles. The van der Waals surface area contributed by atoms with E-state index in [1.165, 1.54) is 22.5 Å². The van der Waals surface area contributed by atoms with Crippen molar-refractivity contribution in [1.29, 1.82) is 0 Å². The number of nitrogens with zero attached hydrogens (tertiary/aromatic N) is 2. The molecule has 2 heterocycles. The van der Waals surface area contributed by atoms with Crippen molar-refractivity contribution in [2.45, 2.75) is 36.9 Å². The number of morpholine rings is 1. The minimum absolute atomic E-state index is 0.0700. The lowest BCUT2D eigenvalue weighted by molar-refractivity contribution is -0.148. The summed E-state index contributed by atoms with van der Waals surface area (Å²) in [5, 5.41) is 2.45. The zero-order chi connectivity index (χ0) is 31.5. The first kappa shape index (κ1) is 31.5. The Morgan fingerprint density at radius 3 is 2.41 bits per heavy atom. The van der Waals surface area contributed by atoms with Crippen LogP contribution >= 0.6 is 0 Å². The van der Waals surface area contributed by atoms with Gasteiger partial charge in [0.25, 0.3) is 5.91 Å². The van der Waals surface area contributed by atoms with E-state index in [1.54, 1.807) is 29.2 Å². The third-order valence-electron chi connectivity index (χ3n) is 7.66. The van der Waals surface area contributed by atoms with Crippen molar-refractivity contribution in [3.05, 3.63) is 89.0 Å². The number of amides is 1. The van der Waals surface area contributed by atoms with Gasteiger partial charge in [-0.25, -0.2) is 8.42 Å². The maximum absolute atomic E-state index is 13.6. The largest absolute Gasteiger partial charge is 0.456 e. The Labute approximate surface area is 253 Å². The first-order valence-electron chi connectivity index (χ1n) is 14.1. The number of ether oxygens (including phenoxy) is 2. The van der Waals surface area contributed by atoms with Gasteiger partial charge in [-0.2, -0.15) is 17.5 Å². The van der Waals surface area contributed by atoms with E-state index in [1.807, 2.05) is 19.1 Å². The fraction of sp³-hybridized carbons (Fsp3) is 0.355. The van der Waals surface area contributed by atoms with Crippen LogP contribution in [-0.2, 0) is 41.7 Å². The second-order valence-corrected chi connectivity index (χ2v) is 12.5. The average Bonchev–Trinajstić information content (AvgIpc) is 3.00. The number of sulfonamides is 1. The number of halogens is 3. The zero-order valence-electron chi connectivity index (χ0n) is 24.0. The topological polar surface area (TPSA) is 105 Å². The van der Waals surface area contributed by atoms with Crippen LogP contribution in [0.2, 0.25) is 0 Å². The predicted molar refractivity (Wildman–Crippen MR) is 157 cm³/mol. The number of carbonyl (C=O) groups is 2. The predicted octanol–water partition coefficient (Wildman–Crippen LogP) is 4.71. The molecule has 0 radical (unpaired) electrons. The summed E-state index contributed by atoms with van der Waals surface area (Å²) in [6.45, 7) is 2.84. The van der Waals surface area contributed by atoms with Gasteiger partial charge in [0.1, 0.15) is 0 Å². The molecule has 44 heavy (non-hydrogen) atoms. The Bertz CT molecular complexity index is 1620. The van der Waals surface area contributed by atoms with Gasteiger partial charge in [-0.05, 0) is 54.8 Å². The number of benzene rings is 3. The molecule has 1 atom stereocenters. The van der Waals surface area contributed by atoms with Crippen LogP contribution in [0.5, 0.6) is 0 Å². The maximum atomic E-state index is 13.6. The summed E-state index contributed by atoms with van der Waals surface area (Å²) in [4.78, 5) is 27.8. The Hall–Kier alpha value is -3.94. The monoisotopic (exact) mass is 631 g/mol. The minimum atomic E-state index is -4.63. The summed E-state index contributed by atoms with van der Waals surface area (Å²) in [7, 11) is -3.98. The molecule has 2 aliphatic rings. The molecule has 9 nitrogen and oxygen atoms in total. The molecular formula is C31H32F3N3O6S. The van der Waals surface area contributed by atoms with Crippen molar-refractivity contribution in [2.75, 3.05) is 49.7 Å². The summed E-state index contributed by atoms with van der Waals surface area (Å²) in [6.07, 6.45) is -4.54. The highest BCUT2D eigenvalue weighted by molar-refractivity contribution is 7.89. The number of anilines is 2. The number of aryl methyl sites for hydroxylation is 1. The second kappa shape index (κ2) is 13.0. The lowest BCUT2D eigenvalue weighted by atomic mass is 9.92. The molecule has 3 aromatic rings. The number of alkyl halides is 3. The van der Waals surface area contributed by atoms with Gasteiger partial charge in [0.2, 0.25) is 10.0 Å². The molecule has 3 aromatic carbocycles. The number of hydrogen-bond acceptors (Lipinski definition) is 7. The molecule has 0 saturated carbocycles. The average molecular weight is 632 g/mol. The maximum Gasteiger partial charge on any atom is 0.416 e. The van der Waals surface area contributed by atoms with E-state index < -0.39 is 46.3 Å². The molecule has 2 aliphatic heterocycles. The van der Waals surface area contributed by atoms with E-state index in [-0.39, 0.29) is 23.5 Å². The van der Waals surface area contributed by atoms with Crippen LogP contribution < -0.4 is 10.2 Å². The van der Waals surface area contributed by atoms with Crippen LogP contribution in [0.3, 0.4) is 0 Å². The van der Waals surface area contributed by atoms with E-state index in [0.717, 1.165) is 23.3 Å². The van der Waals surface area contributed by atoms with Gasteiger partial charge in [0, 0.05) is 19.6 Å². The number of nitrogens with one attached hydrogen (secondary N) is 1. The van der Waals surface area contributed by atoms with Gasteiger partial charge in [-0.3, -0.25) is 9.59 Å². The van der Waals surface area contributed by atoms with Crippen molar-refractivity contribution in [3.63, 3.8) is 0 Å². The zero-order valence-corrected chi connectivity index (χ0v) is 24.8. The number of carbonyl (C=O) groups excluding carboxylic acids is 2. The molecule has 1 amide bonds. The van der Waals surface area contributed by atoms with E-state index in [4.69, 9.17) is 9.47 Å². The Morgan fingerprint density at radius 2 is 1.70 bits per heavy atom. The molecular weight excluding hydrogens is 599 g/mol. The van der Waals surface area contributed by atoms with Crippen LogP contribution in [-0.4, -0.2) is 64.1 Å². The van der Waals surface area contributed by atoms with E-state index in [2.05, 4.69) is 5.32 Å². The van der Waals surface area contributed by atoms with E-state index >= 15 is 0 Å². The SMILES string of the molecule is Cc1ccc(S(=O)(=O)N2CCc3ccccc3[C@H]2CC(=O)OCC(=O)Nc2cc(C(F)(F)F)ccc2N2CCOCC2)cc1. The van der Waals surface area contributed by atoms with Crippen molar-refractivity contribution in [2.24, 2.45) is 0 Å². The lowest BCUT2D eigenvalue weighted by Gasteiger charge is -2.36. The summed E-state index contributed by atoms with van der Waals surface area (Å²) in [5.74, 6) is -1.66. The summed E-state index contributed by atoms with van der Waals surface area (Å²) < 4.78 is 79.4. The van der Waals surface area contributed by atoms with Gasteiger partial charge in [-0.1, -0.05) is 42.0 Å². The van der Waals surface area contributed by atoms with Crippen LogP contribution in [0.25, 0.3) is 0 Å². The standard InChI is InChI=1S/C31H32F3N3O6S/c1-21-6-9-24(10-7-21)44(40,41)37-13-12-22-4-2-3-5-25(22)28(37)19-30(39)43-20-29(38)35-26-18-23(31(32,33)34)8-11-27(26)36-14-16-42-17-15-36/h2-11,18,28H,12-17,19-20H2,1H3,(H,35,38)/t28-/m1/s1. The van der Waals surface area contributed by atoms with Crippen LogP contribution in [0, 0.1) is 6.92 Å². The highest BCUT2D eigenvalue weighted by Gasteiger charge is 2.38. The summed E-state index contributed by atoms with van der Waals surface area (Å²) >= 11 is 0. The molecule has 1 N–H and O–H groups in total. The molecule has 5 rings (SSSR count). The number of hydrogen-bond donors (Lipinski definition) is 1. The molecule has 0 aliphatic carbocycles. The Kier molecular flexibility index (Phi) is 9.28. The van der Waals surface area contributed by atoms with Crippen molar-refractivity contribution in [1.82, 2.24) is 4.31 Å². The highest BCUT2D eigenvalue weighted by Crippen LogP contribution is 2.38. The van der Waals surface area contributed by atoms with Gasteiger partial charge < -0.3 is 19.7 Å². The molecule has 0 spiro atoms. The van der Waals surface area contributed by atoms with E-state index in [0.29, 0.717) is 44.0 Å². The minimum Gasteiger partial charge on any atom is -0.456 e. The van der Waals surface area contributed by atoms with Gasteiger partial charge in [0.15, 0.2) is 6.61 Å². The summed E-state index contributed by atoms with van der Waals surface area (Å²) in [6, 6.07) is 15.9. The van der Waals surface area contributed by atoms with Gasteiger partial charge >= 0.3 is 12.1 Å². The molecule has 0 unspecified atom stereocenters. The first-order valence-corrected chi connectivity index (χ1v) is 15.5. The fourth-order valence-electron chi connectivity index (χ4n) is 5.42. The number of fused-ring (bicyclic) bond motifs is 1. The third-order valence-corrected chi connectivity index (χ3v) is 9.59. The summed E-state index contributed by atoms with van der Waals surface area (Å²) in [5.41, 5.74) is 1.84. The third kappa shape index (κ3) is 7.06. The molecule has 1 saturated heterocycles. The normalized spacial score (nSPS) is 17.5. The first-order chi connectivity index (χ1) is 20.9. The number of rotatable bonds is 8. The Balaban J connectivity index is 1.31. The highest BCUT2D eigenvalue weighted by atomic mass is 32.2. The quantitative estimate of drug-likeness (QED) is 0.359. The van der Waals surface area contributed by atoms with Crippen LogP contribution in [0.15, 0.2) is 71.6 Å². The van der Waals surface area contributed by atoms with Gasteiger partial charge in [-0.15, -0.1) is 0 Å². The van der Waals surface area contributed by atoms with Gasteiger partial charge in [0.05, 0.1) is 47.5 Å². The van der Waals surface area contributed by atoms with Crippen LogP contribution in [0.4, 0.5) is 24.5 Å². The van der Waals surface area contributed by atoms with Crippen molar-refractivity contribution in [3.8, 4) is 0 Å². The molecule has 1 fully saturated rings. The van der Waals surface area contributed by atoms with E-state index in [9.17, 15) is 31.2 Å². The molecule has 13 heteroatoms. The smallest absolute Gasteiger partial charge is 0.416 e. The van der Waals surface area contributed by atoms with Crippen molar-refractivity contribution >= 4 is 33.3 Å². The fourth-order valence-corrected chi connectivity index (χ4v) is 7.02. The second-order valence-electron chi connectivity index (χ2n) is 10.6. The lowest BCUT2D eigenvalue weighted by Crippen LogP contribution is -2.41. The molecule has 0 bridgehead atoms.